The van der Waals surface area contributed by atoms with Crippen LogP contribution < -0.4 is 11.1 Å². The number of hydrogen-bond acceptors (Lipinski definition) is 4. The van der Waals surface area contributed by atoms with E-state index in [9.17, 15) is 13.6 Å². The van der Waals surface area contributed by atoms with Gasteiger partial charge in [-0.15, -0.1) is 0 Å². The molecule has 3 aromatic rings. The Bertz CT molecular complexity index is 1060. The smallest absolute Gasteiger partial charge is 0.323 e. The van der Waals surface area contributed by atoms with Crippen molar-refractivity contribution >= 4 is 17.5 Å². The van der Waals surface area contributed by atoms with Crippen LogP contribution in [-0.2, 0) is 13.5 Å². The topological polar surface area (TPSA) is 89.1 Å². The number of urea groups is 1. The minimum absolute atomic E-state index is 0.126. The van der Waals surface area contributed by atoms with Crippen LogP contribution in [0.3, 0.4) is 0 Å². The highest BCUT2D eigenvalue weighted by molar-refractivity contribution is 5.92. The molecular weight excluding hydrogens is 378 g/mol. The summed E-state index contributed by atoms with van der Waals surface area (Å²) in [7, 11) is 1.87. The fraction of sp³-hybridized carbons (Fsp3) is 0.250. The quantitative estimate of drug-likeness (QED) is 0.707. The Morgan fingerprint density at radius 1 is 1.24 bits per heavy atom. The van der Waals surface area contributed by atoms with Crippen molar-refractivity contribution in [1.29, 1.82) is 0 Å². The molecular formula is C20H20F2N6O. The lowest BCUT2D eigenvalue weighted by Crippen LogP contribution is -2.52. The molecule has 0 radical (unpaired) electrons. The predicted molar refractivity (Wildman–Crippen MR) is 105 cm³/mol. The molecule has 4 rings (SSSR count). The van der Waals surface area contributed by atoms with Crippen LogP contribution >= 0.6 is 0 Å². The van der Waals surface area contributed by atoms with Crippen molar-refractivity contribution in [3.63, 3.8) is 0 Å². The van der Waals surface area contributed by atoms with E-state index in [1.165, 1.54) is 18.2 Å². The molecule has 9 heteroatoms. The Balaban J connectivity index is 1.41. The van der Waals surface area contributed by atoms with Crippen LogP contribution in [0.15, 0.2) is 42.6 Å². The highest BCUT2D eigenvalue weighted by Crippen LogP contribution is 2.27. The number of rotatable bonds is 4. The van der Waals surface area contributed by atoms with Crippen LogP contribution in [-0.4, -0.2) is 38.8 Å². The van der Waals surface area contributed by atoms with E-state index in [4.69, 9.17) is 5.73 Å². The zero-order valence-electron chi connectivity index (χ0n) is 15.8. The van der Waals surface area contributed by atoms with Gasteiger partial charge in [-0.1, -0.05) is 0 Å². The summed E-state index contributed by atoms with van der Waals surface area (Å²) in [5.74, 6) is -0.919. The van der Waals surface area contributed by atoms with E-state index in [1.807, 2.05) is 19.3 Å². The van der Waals surface area contributed by atoms with Gasteiger partial charge in [0, 0.05) is 38.0 Å². The predicted octanol–water partition coefficient (Wildman–Crippen LogP) is 3.05. The van der Waals surface area contributed by atoms with Gasteiger partial charge in [0.25, 0.3) is 0 Å². The Hall–Kier alpha value is -3.49. The summed E-state index contributed by atoms with van der Waals surface area (Å²) >= 11 is 0. The fourth-order valence-electron chi connectivity index (χ4n) is 3.33. The number of amides is 2. The van der Waals surface area contributed by atoms with E-state index in [0.29, 0.717) is 19.0 Å². The van der Waals surface area contributed by atoms with Gasteiger partial charge >= 0.3 is 6.03 Å². The number of benzene rings is 1. The van der Waals surface area contributed by atoms with E-state index in [0.717, 1.165) is 24.2 Å². The lowest BCUT2D eigenvalue weighted by atomic mass is 9.95. The molecule has 1 aromatic carbocycles. The van der Waals surface area contributed by atoms with Gasteiger partial charge in [0.05, 0.1) is 17.1 Å². The molecule has 7 nitrogen and oxygen atoms in total. The number of nitrogens with zero attached hydrogens (tertiary/aromatic N) is 4. The number of carbonyl (C=O) groups excluding carboxylic acids is 1. The molecule has 1 fully saturated rings. The number of anilines is 2. The van der Waals surface area contributed by atoms with Crippen molar-refractivity contribution < 1.29 is 13.6 Å². The third kappa shape index (κ3) is 4.03. The van der Waals surface area contributed by atoms with Crippen LogP contribution in [0.4, 0.5) is 25.1 Å². The lowest BCUT2D eigenvalue weighted by Gasteiger charge is -2.38. The summed E-state index contributed by atoms with van der Waals surface area (Å²) in [5.41, 5.74) is 7.55. The number of hydrogen-bond donors (Lipinski definition) is 2. The van der Waals surface area contributed by atoms with Crippen molar-refractivity contribution in [2.24, 2.45) is 13.0 Å². The highest BCUT2D eigenvalue weighted by Gasteiger charge is 2.31. The maximum atomic E-state index is 14.0. The molecule has 1 saturated heterocycles. The van der Waals surface area contributed by atoms with Gasteiger partial charge in [-0.05, 0) is 42.7 Å². The second-order valence-electron chi connectivity index (χ2n) is 7.14. The molecule has 2 amide bonds. The Morgan fingerprint density at radius 3 is 2.72 bits per heavy atom. The van der Waals surface area contributed by atoms with Gasteiger partial charge < -0.3 is 10.6 Å². The van der Waals surface area contributed by atoms with Gasteiger partial charge in [0.2, 0.25) is 0 Å². The number of nitrogens with one attached hydrogen (secondary N) is 1. The monoisotopic (exact) mass is 398 g/mol. The number of pyridine rings is 1. The molecule has 0 aliphatic carbocycles. The van der Waals surface area contributed by atoms with Crippen LogP contribution in [0.5, 0.6) is 0 Å². The van der Waals surface area contributed by atoms with Crippen LogP contribution in [0, 0.1) is 17.6 Å². The lowest BCUT2D eigenvalue weighted by molar-refractivity contribution is 0.130. The average molecular weight is 398 g/mol. The molecule has 0 bridgehead atoms. The largest absolute Gasteiger partial charge is 0.396 e. The average Bonchev–Trinajstić information content (AvgIpc) is 3.05. The molecule has 2 aromatic heterocycles. The summed E-state index contributed by atoms with van der Waals surface area (Å²) < 4.78 is 28.9. The number of likely N-dealkylation sites (tertiary alicyclic amines) is 1. The van der Waals surface area contributed by atoms with Crippen molar-refractivity contribution in [2.45, 2.75) is 6.42 Å². The molecule has 3 N–H and O–H groups in total. The third-order valence-electron chi connectivity index (χ3n) is 4.87. The van der Waals surface area contributed by atoms with E-state index in [2.05, 4.69) is 15.4 Å². The van der Waals surface area contributed by atoms with E-state index in [-0.39, 0.29) is 28.8 Å². The number of nitrogen functional groups attached to an aromatic ring is 1. The van der Waals surface area contributed by atoms with E-state index in [1.54, 1.807) is 9.58 Å². The van der Waals surface area contributed by atoms with Gasteiger partial charge in [0.1, 0.15) is 11.6 Å². The molecule has 0 saturated carbocycles. The van der Waals surface area contributed by atoms with Crippen LogP contribution in [0.1, 0.15) is 5.69 Å². The van der Waals surface area contributed by atoms with Crippen LogP contribution in [0.2, 0.25) is 0 Å². The van der Waals surface area contributed by atoms with Gasteiger partial charge in [-0.25, -0.2) is 18.6 Å². The second kappa shape index (κ2) is 7.50. The van der Waals surface area contributed by atoms with Crippen LogP contribution in [0.25, 0.3) is 11.3 Å². The summed E-state index contributed by atoms with van der Waals surface area (Å²) in [6, 6.07) is 7.93. The maximum Gasteiger partial charge on any atom is 0.323 e. The SMILES string of the molecule is Cn1ccc(CC2CN(C(=O)Nc3nc(-c4ccc(F)cc4F)ccc3N)C2)n1. The van der Waals surface area contributed by atoms with E-state index < -0.39 is 11.6 Å². The Labute approximate surface area is 166 Å². The number of halogens is 2. The minimum atomic E-state index is -0.736. The Kier molecular flexibility index (Phi) is 4.87. The number of aromatic nitrogens is 3. The first-order chi connectivity index (χ1) is 13.9. The van der Waals surface area contributed by atoms with Gasteiger partial charge in [-0.3, -0.25) is 10.00 Å². The van der Waals surface area contributed by atoms with Gasteiger partial charge in [-0.2, -0.15) is 5.10 Å². The molecule has 0 unspecified atom stereocenters. The third-order valence-corrected chi connectivity index (χ3v) is 4.87. The van der Waals surface area contributed by atoms with Crippen molar-refractivity contribution in [3.05, 3.63) is 59.9 Å². The summed E-state index contributed by atoms with van der Waals surface area (Å²) in [4.78, 5) is 18.4. The molecule has 3 heterocycles. The molecule has 0 atom stereocenters. The Morgan fingerprint density at radius 2 is 2.03 bits per heavy atom. The molecule has 150 valence electrons. The second-order valence-corrected chi connectivity index (χ2v) is 7.14. The highest BCUT2D eigenvalue weighted by atomic mass is 19.1. The summed E-state index contributed by atoms with van der Waals surface area (Å²) in [6.07, 6.45) is 2.70. The molecule has 29 heavy (non-hydrogen) atoms. The molecule has 1 aliphatic heterocycles. The zero-order chi connectivity index (χ0) is 20.5. The zero-order valence-corrected chi connectivity index (χ0v) is 15.8. The fourth-order valence-corrected chi connectivity index (χ4v) is 3.33. The van der Waals surface area contributed by atoms with Gasteiger partial charge in [0.15, 0.2) is 5.82 Å². The standard InChI is InChI=1S/C20H20F2N6O/c1-27-7-6-14(26-27)8-12-10-28(11-12)20(29)25-19-17(23)4-5-18(24-19)15-3-2-13(21)9-16(15)22/h2-7,9,12H,8,10-11,23H2,1H3,(H,24,25,29). The number of carbonyl (C=O) groups is 1. The summed E-state index contributed by atoms with van der Waals surface area (Å²) in [5, 5.41) is 7.03. The normalized spacial score (nSPS) is 14.0. The summed E-state index contributed by atoms with van der Waals surface area (Å²) in [6.45, 7) is 1.21. The van der Waals surface area contributed by atoms with E-state index >= 15 is 0 Å². The first-order valence-electron chi connectivity index (χ1n) is 9.15. The first kappa shape index (κ1) is 18.9. The first-order valence-corrected chi connectivity index (χ1v) is 9.15. The molecule has 0 spiro atoms. The minimum Gasteiger partial charge on any atom is -0.396 e. The van der Waals surface area contributed by atoms with Crippen molar-refractivity contribution in [2.75, 3.05) is 24.1 Å². The van der Waals surface area contributed by atoms with Crippen molar-refractivity contribution in [3.8, 4) is 11.3 Å². The number of aryl methyl sites for hydroxylation is 1. The number of nitrogens with two attached hydrogens (primary N) is 1. The maximum absolute atomic E-state index is 14.0. The molecule has 1 aliphatic rings. The van der Waals surface area contributed by atoms with Crippen molar-refractivity contribution in [1.82, 2.24) is 19.7 Å².